The summed E-state index contributed by atoms with van der Waals surface area (Å²) in [7, 11) is -3.96. The van der Waals surface area contributed by atoms with Gasteiger partial charge in [0.1, 0.15) is 0 Å². The molecule has 5 nitrogen and oxygen atoms in total. The number of ether oxygens (including phenoxy) is 2. The number of fused-ring (bicyclic) bond motifs is 1. The average molecular weight is 368 g/mol. The Labute approximate surface area is 134 Å². The van der Waals surface area contributed by atoms with Gasteiger partial charge in [-0.1, -0.05) is 0 Å². The Morgan fingerprint density at radius 1 is 1.25 bits per heavy atom. The van der Waals surface area contributed by atoms with E-state index >= 15 is 0 Å². The summed E-state index contributed by atoms with van der Waals surface area (Å²) in [6.45, 7) is -0.177. The molecule has 0 bridgehead atoms. The molecule has 1 aliphatic carbocycles. The quantitative estimate of drug-likeness (QED) is 0.765. The van der Waals surface area contributed by atoms with Crippen LogP contribution in [0.5, 0.6) is 11.5 Å². The summed E-state index contributed by atoms with van der Waals surface area (Å²) in [6.07, 6.45) is -4.20. The van der Waals surface area contributed by atoms with E-state index in [4.69, 9.17) is 4.74 Å². The summed E-state index contributed by atoms with van der Waals surface area (Å²) in [5.74, 6) is -5.95. The van der Waals surface area contributed by atoms with Gasteiger partial charge in [-0.15, -0.1) is 0 Å². The van der Waals surface area contributed by atoms with Crippen LogP contribution in [0.25, 0.3) is 0 Å². The number of ketones is 1. The molecule has 24 heavy (non-hydrogen) atoms. The Hall–Kier alpha value is -1.84. The van der Waals surface area contributed by atoms with E-state index in [2.05, 4.69) is 4.74 Å². The van der Waals surface area contributed by atoms with Gasteiger partial charge < -0.3 is 9.47 Å². The van der Waals surface area contributed by atoms with Gasteiger partial charge in [-0.05, 0) is 12.1 Å². The fourth-order valence-corrected chi connectivity index (χ4v) is 3.59. The number of alkyl halides is 4. The molecule has 0 unspecified atom stereocenters. The highest BCUT2D eigenvalue weighted by Gasteiger charge is 2.53. The molecule has 132 valence electrons. The Bertz CT molecular complexity index is 811. The van der Waals surface area contributed by atoms with Crippen LogP contribution in [-0.4, -0.2) is 39.1 Å². The van der Waals surface area contributed by atoms with E-state index in [9.17, 15) is 30.8 Å². The normalized spacial score (nSPS) is 21.8. The maximum atomic E-state index is 13.5. The van der Waals surface area contributed by atoms with Crippen LogP contribution in [0.15, 0.2) is 17.0 Å². The highest BCUT2D eigenvalue weighted by atomic mass is 32.2. The Morgan fingerprint density at radius 3 is 2.42 bits per heavy atom. The number of halogens is 4. The van der Waals surface area contributed by atoms with Crippen LogP contribution in [0.2, 0.25) is 0 Å². The summed E-state index contributed by atoms with van der Waals surface area (Å²) in [5.41, 5.74) is -0.779. The van der Waals surface area contributed by atoms with Gasteiger partial charge in [0.05, 0.1) is 17.1 Å². The SMILES string of the molecule is CS(=O)(=O)c1ccc(OCC2CC(F)(F)C2)c2c1C(=O)C(F)(F)O2. The van der Waals surface area contributed by atoms with Crippen LogP contribution in [0.4, 0.5) is 17.6 Å². The van der Waals surface area contributed by atoms with Crippen LogP contribution in [0.3, 0.4) is 0 Å². The van der Waals surface area contributed by atoms with Crippen molar-refractivity contribution in [3.8, 4) is 11.5 Å². The van der Waals surface area contributed by atoms with Crippen LogP contribution >= 0.6 is 0 Å². The topological polar surface area (TPSA) is 69.7 Å². The van der Waals surface area contributed by atoms with E-state index in [0.29, 0.717) is 0 Å². The van der Waals surface area contributed by atoms with Gasteiger partial charge in [0.25, 0.3) is 5.78 Å². The summed E-state index contributed by atoms with van der Waals surface area (Å²) < 4.78 is 85.5. The van der Waals surface area contributed by atoms with Crippen molar-refractivity contribution < 1.29 is 40.2 Å². The molecule has 1 heterocycles. The van der Waals surface area contributed by atoms with E-state index in [1.54, 1.807) is 0 Å². The van der Waals surface area contributed by atoms with Crippen molar-refractivity contribution in [2.24, 2.45) is 5.92 Å². The van der Waals surface area contributed by atoms with Crippen molar-refractivity contribution in [3.63, 3.8) is 0 Å². The maximum absolute atomic E-state index is 13.5. The van der Waals surface area contributed by atoms with Gasteiger partial charge in [0.2, 0.25) is 5.92 Å². The van der Waals surface area contributed by atoms with Gasteiger partial charge in [-0.2, -0.15) is 8.78 Å². The lowest BCUT2D eigenvalue weighted by Crippen LogP contribution is -2.38. The number of carbonyl (C=O) groups is 1. The zero-order chi connectivity index (χ0) is 17.9. The monoisotopic (exact) mass is 368 g/mol. The molecule has 0 saturated heterocycles. The first kappa shape index (κ1) is 17.0. The van der Waals surface area contributed by atoms with E-state index < -0.39 is 49.8 Å². The number of Topliss-reactive ketones (excluding diaryl/α,β-unsaturated/α-hetero) is 1. The minimum atomic E-state index is -4.20. The second kappa shape index (κ2) is 5.08. The maximum Gasteiger partial charge on any atom is 0.466 e. The predicted octanol–water partition coefficient (Wildman–Crippen LogP) is 2.68. The molecule has 2 aliphatic rings. The molecule has 0 atom stereocenters. The lowest BCUT2D eigenvalue weighted by Gasteiger charge is -2.34. The summed E-state index contributed by atoms with van der Waals surface area (Å²) >= 11 is 0. The number of benzene rings is 1. The third-order valence-electron chi connectivity index (χ3n) is 3.85. The largest absolute Gasteiger partial charge is 0.489 e. The van der Waals surface area contributed by atoms with E-state index in [0.717, 1.165) is 18.4 Å². The summed E-state index contributed by atoms with van der Waals surface area (Å²) in [5, 5.41) is 0. The number of hydrogen-bond donors (Lipinski definition) is 0. The second-order valence-corrected chi connectivity index (χ2v) is 7.91. The standard InChI is InChI=1S/C14H12F4O5S/c1-24(20,21)9-3-2-8(22-6-7-4-13(15,16)5-7)11-10(9)12(19)14(17,18)23-11/h2-3,7H,4-6H2,1H3. The molecular formula is C14H12F4O5S. The molecule has 3 rings (SSSR count). The molecule has 0 radical (unpaired) electrons. The van der Waals surface area contributed by atoms with Gasteiger partial charge in [-0.25, -0.2) is 17.2 Å². The minimum Gasteiger partial charge on any atom is -0.489 e. The lowest BCUT2D eigenvalue weighted by molar-refractivity contribution is -0.126. The van der Waals surface area contributed by atoms with Gasteiger partial charge in [-0.3, -0.25) is 4.79 Å². The number of sulfone groups is 1. The summed E-state index contributed by atoms with van der Waals surface area (Å²) in [6, 6.07) is 2.03. The molecule has 1 aromatic carbocycles. The lowest BCUT2D eigenvalue weighted by atomic mass is 9.82. The first-order valence-electron chi connectivity index (χ1n) is 6.90. The molecule has 0 spiro atoms. The van der Waals surface area contributed by atoms with Crippen LogP contribution in [-0.2, 0) is 9.84 Å². The third kappa shape index (κ3) is 2.83. The first-order chi connectivity index (χ1) is 10.9. The predicted molar refractivity (Wildman–Crippen MR) is 72.6 cm³/mol. The fourth-order valence-electron chi connectivity index (χ4n) is 2.71. The highest BCUT2D eigenvalue weighted by molar-refractivity contribution is 7.90. The van der Waals surface area contributed by atoms with Crippen molar-refractivity contribution in [1.82, 2.24) is 0 Å². The smallest absolute Gasteiger partial charge is 0.466 e. The van der Waals surface area contributed by atoms with E-state index in [-0.39, 0.29) is 25.2 Å². The molecule has 0 amide bonds. The number of carbonyl (C=O) groups excluding carboxylic acids is 1. The van der Waals surface area contributed by atoms with Gasteiger partial charge in [0.15, 0.2) is 21.3 Å². The Morgan fingerprint density at radius 2 is 1.88 bits per heavy atom. The molecule has 0 aromatic heterocycles. The average Bonchev–Trinajstić information content (AvgIpc) is 2.64. The molecule has 1 aliphatic heterocycles. The van der Waals surface area contributed by atoms with E-state index in [1.807, 2.05) is 0 Å². The molecule has 0 N–H and O–H groups in total. The third-order valence-corrected chi connectivity index (χ3v) is 4.99. The zero-order valence-corrected chi connectivity index (χ0v) is 13.1. The molecule has 1 fully saturated rings. The fraction of sp³-hybridized carbons (Fsp3) is 0.500. The van der Waals surface area contributed by atoms with Crippen LogP contribution in [0, 0.1) is 5.92 Å². The van der Waals surface area contributed by atoms with Crippen molar-refractivity contribution in [2.45, 2.75) is 29.8 Å². The van der Waals surface area contributed by atoms with E-state index in [1.165, 1.54) is 0 Å². The number of hydrogen-bond acceptors (Lipinski definition) is 5. The van der Waals surface area contributed by atoms with Crippen molar-refractivity contribution in [3.05, 3.63) is 17.7 Å². The van der Waals surface area contributed by atoms with Gasteiger partial charge >= 0.3 is 6.11 Å². The molecular weight excluding hydrogens is 356 g/mol. The van der Waals surface area contributed by atoms with Crippen LogP contribution in [0.1, 0.15) is 23.2 Å². The zero-order valence-electron chi connectivity index (χ0n) is 12.3. The second-order valence-electron chi connectivity index (χ2n) is 5.93. The van der Waals surface area contributed by atoms with Crippen molar-refractivity contribution in [2.75, 3.05) is 12.9 Å². The molecule has 10 heteroatoms. The van der Waals surface area contributed by atoms with Gasteiger partial charge in [0, 0.05) is 25.0 Å². The molecule has 1 aromatic rings. The van der Waals surface area contributed by atoms with Crippen molar-refractivity contribution in [1.29, 1.82) is 0 Å². The first-order valence-corrected chi connectivity index (χ1v) is 8.79. The molecule has 1 saturated carbocycles. The van der Waals surface area contributed by atoms with Crippen LogP contribution < -0.4 is 9.47 Å². The highest BCUT2D eigenvalue weighted by Crippen LogP contribution is 2.47. The Balaban J connectivity index is 1.92. The minimum absolute atomic E-state index is 0.177. The Kier molecular flexibility index (Phi) is 3.60. The van der Waals surface area contributed by atoms with Crippen molar-refractivity contribution >= 4 is 15.6 Å². The number of rotatable bonds is 4. The summed E-state index contributed by atoms with van der Waals surface area (Å²) in [4.78, 5) is 11.1.